The van der Waals surface area contributed by atoms with E-state index in [4.69, 9.17) is 4.74 Å². The van der Waals surface area contributed by atoms with Crippen LogP contribution in [0.15, 0.2) is 24.3 Å². The second-order valence-corrected chi connectivity index (χ2v) is 5.90. The number of fused-ring (bicyclic) bond motifs is 1. The minimum Gasteiger partial charge on any atom is -0.465 e. The van der Waals surface area contributed by atoms with Gasteiger partial charge in [-0.1, -0.05) is 23.5 Å². The van der Waals surface area contributed by atoms with Crippen LogP contribution in [0, 0.1) is 0 Å². The van der Waals surface area contributed by atoms with Crippen molar-refractivity contribution in [2.45, 2.75) is 19.9 Å². The summed E-state index contributed by atoms with van der Waals surface area (Å²) in [6.45, 7) is 3.89. The normalized spacial score (nSPS) is 12.4. The summed E-state index contributed by atoms with van der Waals surface area (Å²) in [6.07, 6.45) is 0. The van der Waals surface area contributed by atoms with Crippen LogP contribution >= 0.6 is 11.3 Å². The molecule has 0 bridgehead atoms. The van der Waals surface area contributed by atoms with Crippen molar-refractivity contribution in [3.8, 4) is 0 Å². The second-order valence-electron chi connectivity index (χ2n) is 4.87. The number of anilines is 1. The average Bonchev–Trinajstić information content (AvgIpc) is 2.88. The average molecular weight is 321 g/mol. The van der Waals surface area contributed by atoms with Crippen LogP contribution in [-0.4, -0.2) is 48.0 Å². The number of nitrogens with zero attached hydrogens (tertiary/aromatic N) is 2. The van der Waals surface area contributed by atoms with Crippen molar-refractivity contribution in [1.29, 1.82) is 0 Å². The molecule has 0 saturated carbocycles. The molecule has 1 heterocycles. The Morgan fingerprint density at radius 1 is 1.41 bits per heavy atom. The van der Waals surface area contributed by atoms with E-state index < -0.39 is 6.04 Å². The fourth-order valence-electron chi connectivity index (χ4n) is 1.88. The minimum absolute atomic E-state index is 0.0717. The first-order chi connectivity index (χ1) is 10.5. The number of nitrogens with one attached hydrogen (secondary N) is 1. The van der Waals surface area contributed by atoms with Crippen LogP contribution in [0.25, 0.3) is 10.2 Å². The molecule has 0 saturated heterocycles. The van der Waals surface area contributed by atoms with E-state index in [1.165, 1.54) is 11.3 Å². The number of aromatic nitrogens is 1. The van der Waals surface area contributed by atoms with Crippen molar-refractivity contribution in [3.63, 3.8) is 0 Å². The molecule has 22 heavy (non-hydrogen) atoms. The van der Waals surface area contributed by atoms with E-state index in [-0.39, 0.29) is 18.4 Å². The lowest BCUT2D eigenvalue weighted by atomic mass is 10.3. The van der Waals surface area contributed by atoms with Gasteiger partial charge in [0, 0.05) is 0 Å². The number of benzene rings is 1. The summed E-state index contributed by atoms with van der Waals surface area (Å²) < 4.78 is 5.90. The zero-order valence-corrected chi connectivity index (χ0v) is 13.6. The van der Waals surface area contributed by atoms with Crippen LogP contribution in [0.1, 0.15) is 13.8 Å². The summed E-state index contributed by atoms with van der Waals surface area (Å²) in [5.74, 6) is -0.546. The monoisotopic (exact) mass is 321 g/mol. The van der Waals surface area contributed by atoms with Gasteiger partial charge in [-0.05, 0) is 33.0 Å². The molecule has 1 unspecified atom stereocenters. The van der Waals surface area contributed by atoms with Crippen LogP contribution < -0.4 is 5.32 Å². The number of amides is 1. The number of likely N-dealkylation sites (N-methyl/N-ethyl adjacent to an activating group) is 1. The van der Waals surface area contributed by atoms with Crippen molar-refractivity contribution >= 4 is 38.6 Å². The topological polar surface area (TPSA) is 71.5 Å². The highest BCUT2D eigenvalue weighted by Crippen LogP contribution is 2.25. The Labute approximate surface area is 133 Å². The Bertz CT molecular complexity index is 638. The Morgan fingerprint density at radius 3 is 2.82 bits per heavy atom. The number of carbonyl (C=O) groups is 2. The van der Waals surface area contributed by atoms with Gasteiger partial charge in [0.15, 0.2) is 5.13 Å². The van der Waals surface area contributed by atoms with Crippen LogP contribution in [0.5, 0.6) is 0 Å². The predicted molar refractivity (Wildman–Crippen MR) is 87.0 cm³/mol. The van der Waals surface area contributed by atoms with Gasteiger partial charge in [0.2, 0.25) is 5.91 Å². The second kappa shape index (κ2) is 7.33. The summed E-state index contributed by atoms with van der Waals surface area (Å²) >= 11 is 1.42. The van der Waals surface area contributed by atoms with Crippen molar-refractivity contribution in [2.75, 3.05) is 25.5 Å². The molecule has 0 aliphatic heterocycles. The zero-order valence-electron chi connectivity index (χ0n) is 12.8. The Morgan fingerprint density at radius 2 is 2.14 bits per heavy atom. The molecule has 0 aliphatic carbocycles. The Kier molecular flexibility index (Phi) is 5.46. The zero-order chi connectivity index (χ0) is 16.1. The third-order valence-electron chi connectivity index (χ3n) is 3.25. The first-order valence-corrected chi connectivity index (χ1v) is 7.85. The van der Waals surface area contributed by atoms with Gasteiger partial charge in [-0.3, -0.25) is 14.5 Å². The first kappa shape index (κ1) is 16.4. The summed E-state index contributed by atoms with van der Waals surface area (Å²) in [6, 6.07) is 7.23. The van der Waals surface area contributed by atoms with E-state index >= 15 is 0 Å². The molecular weight excluding hydrogens is 302 g/mol. The molecule has 0 spiro atoms. The smallest absolute Gasteiger partial charge is 0.320 e. The maximum Gasteiger partial charge on any atom is 0.320 e. The number of esters is 1. The van der Waals surface area contributed by atoms with Crippen LogP contribution in [0.3, 0.4) is 0 Å². The number of hydrogen-bond acceptors (Lipinski definition) is 6. The SMILES string of the molecule is CCOC(=O)CN(C)C(C)C(=O)Nc1nc2ccccc2s1. The van der Waals surface area contributed by atoms with Gasteiger partial charge >= 0.3 is 5.97 Å². The summed E-state index contributed by atoms with van der Waals surface area (Å²) in [5.41, 5.74) is 0.857. The van der Waals surface area contributed by atoms with Gasteiger partial charge in [0.1, 0.15) is 0 Å². The molecule has 0 radical (unpaired) electrons. The van der Waals surface area contributed by atoms with Crippen molar-refractivity contribution in [2.24, 2.45) is 0 Å². The van der Waals surface area contributed by atoms with Crippen LogP contribution in [0.4, 0.5) is 5.13 Å². The molecule has 2 rings (SSSR count). The first-order valence-electron chi connectivity index (χ1n) is 7.03. The number of hydrogen-bond donors (Lipinski definition) is 1. The largest absolute Gasteiger partial charge is 0.465 e. The third-order valence-corrected chi connectivity index (χ3v) is 4.20. The maximum absolute atomic E-state index is 12.2. The van der Waals surface area contributed by atoms with E-state index in [2.05, 4.69) is 10.3 Å². The van der Waals surface area contributed by atoms with Gasteiger partial charge in [-0.2, -0.15) is 0 Å². The molecule has 6 nitrogen and oxygen atoms in total. The molecule has 1 aromatic heterocycles. The Balaban J connectivity index is 1.97. The fourth-order valence-corrected chi connectivity index (χ4v) is 2.75. The van der Waals surface area contributed by atoms with Gasteiger partial charge in [-0.15, -0.1) is 0 Å². The number of para-hydroxylation sites is 1. The van der Waals surface area contributed by atoms with Crippen molar-refractivity contribution in [3.05, 3.63) is 24.3 Å². The quantitative estimate of drug-likeness (QED) is 0.825. The highest BCUT2D eigenvalue weighted by molar-refractivity contribution is 7.22. The van der Waals surface area contributed by atoms with Crippen molar-refractivity contribution in [1.82, 2.24) is 9.88 Å². The standard InChI is InChI=1S/C15H19N3O3S/c1-4-21-13(19)9-18(3)10(2)14(20)17-15-16-11-7-5-6-8-12(11)22-15/h5-8,10H,4,9H2,1-3H3,(H,16,17,20). The van der Waals surface area contributed by atoms with Crippen LogP contribution in [-0.2, 0) is 14.3 Å². The molecule has 0 fully saturated rings. The van der Waals surface area contributed by atoms with E-state index in [1.54, 1.807) is 25.8 Å². The molecule has 118 valence electrons. The summed E-state index contributed by atoms with van der Waals surface area (Å²) in [5, 5.41) is 3.35. The molecule has 1 aromatic carbocycles. The number of carbonyl (C=O) groups excluding carboxylic acids is 2. The van der Waals surface area contributed by atoms with Crippen molar-refractivity contribution < 1.29 is 14.3 Å². The molecular formula is C15H19N3O3S. The number of rotatable bonds is 6. The number of thiazole rings is 1. The summed E-state index contributed by atoms with van der Waals surface area (Å²) in [4.78, 5) is 29.7. The van der Waals surface area contributed by atoms with E-state index in [0.29, 0.717) is 11.7 Å². The van der Waals surface area contributed by atoms with Gasteiger partial charge in [0.25, 0.3) is 0 Å². The maximum atomic E-state index is 12.2. The molecule has 1 amide bonds. The van der Waals surface area contributed by atoms with E-state index in [1.807, 2.05) is 24.3 Å². The van der Waals surface area contributed by atoms with Gasteiger partial charge < -0.3 is 10.1 Å². The number of ether oxygens (including phenoxy) is 1. The molecule has 1 N–H and O–H groups in total. The summed E-state index contributed by atoms with van der Waals surface area (Å²) in [7, 11) is 1.71. The van der Waals surface area contributed by atoms with E-state index in [0.717, 1.165) is 10.2 Å². The Hall–Kier alpha value is -1.99. The van der Waals surface area contributed by atoms with Gasteiger partial charge in [0.05, 0.1) is 29.4 Å². The van der Waals surface area contributed by atoms with E-state index in [9.17, 15) is 9.59 Å². The minimum atomic E-state index is -0.462. The third kappa shape index (κ3) is 4.02. The molecule has 7 heteroatoms. The molecule has 1 atom stereocenters. The molecule has 0 aliphatic rings. The highest BCUT2D eigenvalue weighted by Gasteiger charge is 2.21. The predicted octanol–water partition coefficient (Wildman–Crippen LogP) is 2.12. The lowest BCUT2D eigenvalue weighted by Gasteiger charge is -2.22. The fraction of sp³-hybridized carbons (Fsp3) is 0.400. The molecule has 2 aromatic rings. The van der Waals surface area contributed by atoms with Crippen LogP contribution in [0.2, 0.25) is 0 Å². The highest BCUT2D eigenvalue weighted by atomic mass is 32.1. The van der Waals surface area contributed by atoms with Gasteiger partial charge in [-0.25, -0.2) is 4.98 Å². The lowest BCUT2D eigenvalue weighted by Crippen LogP contribution is -2.42. The lowest BCUT2D eigenvalue weighted by molar-refractivity contribution is -0.144.